The lowest BCUT2D eigenvalue weighted by molar-refractivity contribution is 0.628. The number of nitrogens with one attached hydrogen (secondary N) is 1. The van der Waals surface area contributed by atoms with Crippen molar-refractivity contribution < 1.29 is 4.39 Å². The first-order valence-electron chi connectivity index (χ1n) is 4.87. The van der Waals surface area contributed by atoms with E-state index in [0.717, 1.165) is 0 Å². The van der Waals surface area contributed by atoms with Crippen molar-refractivity contribution >= 4 is 17.0 Å². The van der Waals surface area contributed by atoms with E-state index in [1.165, 1.54) is 24.8 Å². The van der Waals surface area contributed by atoms with Crippen molar-refractivity contribution in [2.45, 2.75) is 0 Å². The van der Waals surface area contributed by atoms with Gasteiger partial charge in [0.25, 0.3) is 0 Å². The third-order valence-electron chi connectivity index (χ3n) is 1.99. The number of rotatable bonds is 0. The van der Waals surface area contributed by atoms with E-state index in [2.05, 4.69) is 19.9 Å². The summed E-state index contributed by atoms with van der Waals surface area (Å²) in [4.78, 5) is 14.4. The predicted molar refractivity (Wildman–Crippen MR) is 62.5 cm³/mol. The number of hydrogen-bond donors (Lipinski definition) is 2. The first kappa shape index (κ1) is 11.0. The number of anilines is 1. The van der Waals surface area contributed by atoms with Crippen molar-refractivity contribution in [2.75, 3.05) is 5.73 Å². The van der Waals surface area contributed by atoms with Gasteiger partial charge in [0.15, 0.2) is 11.5 Å². The van der Waals surface area contributed by atoms with Gasteiger partial charge in [0.05, 0.1) is 6.33 Å². The molecule has 0 atom stereocenters. The number of aromatic nitrogens is 4. The smallest absolute Gasteiger partial charge is 0.182 e. The molecule has 3 N–H and O–H groups in total. The second kappa shape index (κ2) is 5.02. The van der Waals surface area contributed by atoms with Crippen LogP contribution in [0.3, 0.4) is 0 Å². The Labute approximate surface area is 96.5 Å². The second-order valence-electron chi connectivity index (χ2n) is 3.16. The number of H-pyrrole nitrogens is 1. The van der Waals surface area contributed by atoms with E-state index in [4.69, 9.17) is 5.73 Å². The van der Waals surface area contributed by atoms with Crippen LogP contribution in [0.2, 0.25) is 0 Å². The topological polar surface area (TPSA) is 80.5 Å². The molecule has 0 saturated carbocycles. The summed E-state index contributed by atoms with van der Waals surface area (Å²) in [6, 6.07) is 7.94. The maximum Gasteiger partial charge on any atom is 0.182 e. The highest BCUT2D eigenvalue weighted by Gasteiger charge is 1.99. The van der Waals surface area contributed by atoms with Crippen molar-refractivity contribution in [2.24, 2.45) is 0 Å². The molecule has 3 rings (SSSR count). The minimum atomic E-state index is -0.178. The highest BCUT2D eigenvalue weighted by atomic mass is 19.1. The van der Waals surface area contributed by atoms with Gasteiger partial charge in [-0.2, -0.15) is 0 Å². The Hall–Kier alpha value is -2.50. The number of hydrogen-bond acceptors (Lipinski definition) is 4. The third-order valence-corrected chi connectivity index (χ3v) is 1.99. The Morgan fingerprint density at radius 1 is 1.06 bits per heavy atom. The predicted octanol–water partition coefficient (Wildman–Crippen LogP) is 1.76. The summed E-state index contributed by atoms with van der Waals surface area (Å²) in [5.41, 5.74) is 6.78. The van der Waals surface area contributed by atoms with Gasteiger partial charge >= 0.3 is 0 Å². The van der Waals surface area contributed by atoms with Crippen molar-refractivity contribution in [3.8, 4) is 0 Å². The third kappa shape index (κ3) is 2.75. The maximum absolute atomic E-state index is 11.9. The quantitative estimate of drug-likeness (QED) is 0.617. The number of nitrogen functional groups attached to an aromatic ring is 1. The maximum atomic E-state index is 11.9. The highest BCUT2D eigenvalue weighted by molar-refractivity contribution is 5.80. The van der Waals surface area contributed by atoms with Crippen LogP contribution in [0.1, 0.15) is 0 Å². The molecule has 5 nitrogen and oxygen atoms in total. The zero-order valence-electron chi connectivity index (χ0n) is 8.84. The van der Waals surface area contributed by atoms with Gasteiger partial charge in [0, 0.05) is 0 Å². The molecule has 2 aromatic heterocycles. The number of nitrogens with zero attached hydrogens (tertiary/aromatic N) is 3. The van der Waals surface area contributed by atoms with Crippen LogP contribution < -0.4 is 5.73 Å². The standard InChI is InChI=1S/C6H5F.C5H5N5/c7-6-4-2-1-3-5-6;6-4-3-5(9-1-7-3)10-2-8-4/h1-5H;1-2H,(H3,6,7,8,9,10). The van der Waals surface area contributed by atoms with Gasteiger partial charge in [-0.3, -0.25) is 0 Å². The van der Waals surface area contributed by atoms with Crippen LogP contribution >= 0.6 is 0 Å². The second-order valence-corrected chi connectivity index (χ2v) is 3.16. The van der Waals surface area contributed by atoms with Crippen LogP contribution in [0, 0.1) is 5.82 Å². The van der Waals surface area contributed by atoms with Crippen molar-refractivity contribution in [3.05, 3.63) is 48.8 Å². The van der Waals surface area contributed by atoms with Crippen LogP contribution in [0.4, 0.5) is 10.2 Å². The molecule has 0 aliphatic carbocycles. The van der Waals surface area contributed by atoms with E-state index >= 15 is 0 Å². The molecule has 0 aliphatic heterocycles. The summed E-state index contributed by atoms with van der Waals surface area (Å²) in [6.45, 7) is 0. The van der Waals surface area contributed by atoms with Crippen molar-refractivity contribution in [1.82, 2.24) is 19.9 Å². The number of benzene rings is 1. The summed E-state index contributed by atoms with van der Waals surface area (Å²) in [7, 11) is 0. The summed E-state index contributed by atoms with van der Waals surface area (Å²) in [6.07, 6.45) is 2.92. The van der Waals surface area contributed by atoms with E-state index in [-0.39, 0.29) is 5.82 Å². The largest absolute Gasteiger partial charge is 0.382 e. The minimum absolute atomic E-state index is 0.178. The molecule has 86 valence electrons. The Morgan fingerprint density at radius 3 is 2.41 bits per heavy atom. The number of halogens is 1. The summed E-state index contributed by atoms with van der Waals surface area (Å²) in [5.74, 6) is 0.255. The lowest BCUT2D eigenvalue weighted by Gasteiger charge is -1.89. The van der Waals surface area contributed by atoms with E-state index in [9.17, 15) is 4.39 Å². The van der Waals surface area contributed by atoms with Crippen LogP contribution in [0.5, 0.6) is 0 Å². The molecule has 0 amide bonds. The van der Waals surface area contributed by atoms with Gasteiger partial charge in [-0.05, 0) is 12.1 Å². The average Bonchev–Trinajstić information content (AvgIpc) is 2.80. The van der Waals surface area contributed by atoms with E-state index in [1.807, 2.05) is 0 Å². The van der Waals surface area contributed by atoms with Crippen molar-refractivity contribution in [3.63, 3.8) is 0 Å². The summed E-state index contributed by atoms with van der Waals surface area (Å²) >= 11 is 0. The van der Waals surface area contributed by atoms with E-state index < -0.39 is 0 Å². The molecular formula is C11H10FN5. The number of imidazole rings is 1. The molecule has 0 unspecified atom stereocenters. The Morgan fingerprint density at radius 2 is 1.82 bits per heavy atom. The molecule has 1 aromatic carbocycles. The molecule has 2 heterocycles. The summed E-state index contributed by atoms with van der Waals surface area (Å²) < 4.78 is 11.9. The molecule has 0 spiro atoms. The first-order chi connectivity index (χ1) is 8.27. The highest BCUT2D eigenvalue weighted by Crippen LogP contribution is 2.09. The van der Waals surface area contributed by atoms with E-state index in [0.29, 0.717) is 17.0 Å². The molecule has 0 fully saturated rings. The van der Waals surface area contributed by atoms with Crippen molar-refractivity contribution in [1.29, 1.82) is 0 Å². The fourth-order valence-corrected chi connectivity index (χ4v) is 1.20. The lowest BCUT2D eigenvalue weighted by atomic mass is 10.4. The minimum Gasteiger partial charge on any atom is -0.382 e. The molecule has 0 radical (unpaired) electrons. The molecular weight excluding hydrogens is 221 g/mol. The van der Waals surface area contributed by atoms with Gasteiger partial charge < -0.3 is 10.7 Å². The average molecular weight is 231 g/mol. The normalized spacial score (nSPS) is 9.71. The van der Waals surface area contributed by atoms with Gasteiger partial charge in [-0.25, -0.2) is 19.3 Å². The zero-order chi connectivity index (χ0) is 12.1. The number of nitrogens with two attached hydrogens (primary N) is 1. The van der Waals surface area contributed by atoms with Gasteiger partial charge in [-0.15, -0.1) is 0 Å². The van der Waals surface area contributed by atoms with Crippen LogP contribution in [-0.2, 0) is 0 Å². The Bertz CT molecular complexity index is 593. The molecule has 0 aliphatic rings. The SMILES string of the molecule is Fc1ccccc1.Nc1ncnc2nc[nH]c12. The molecule has 0 bridgehead atoms. The lowest BCUT2D eigenvalue weighted by Crippen LogP contribution is -1.91. The van der Waals surface area contributed by atoms with Gasteiger partial charge in [0.2, 0.25) is 0 Å². The van der Waals surface area contributed by atoms with Crippen LogP contribution in [0.25, 0.3) is 11.2 Å². The Balaban J connectivity index is 0.000000136. The Kier molecular flexibility index (Phi) is 3.25. The summed E-state index contributed by atoms with van der Waals surface area (Å²) in [5, 5.41) is 0. The van der Waals surface area contributed by atoms with Gasteiger partial charge in [-0.1, -0.05) is 18.2 Å². The zero-order valence-corrected chi connectivity index (χ0v) is 8.84. The fraction of sp³-hybridized carbons (Fsp3) is 0. The first-order valence-corrected chi connectivity index (χ1v) is 4.87. The van der Waals surface area contributed by atoms with Crippen LogP contribution in [-0.4, -0.2) is 19.9 Å². The fourth-order valence-electron chi connectivity index (χ4n) is 1.20. The molecule has 17 heavy (non-hydrogen) atoms. The number of aromatic amines is 1. The van der Waals surface area contributed by atoms with Crippen LogP contribution in [0.15, 0.2) is 43.0 Å². The number of fused-ring (bicyclic) bond motifs is 1. The van der Waals surface area contributed by atoms with E-state index in [1.54, 1.807) is 18.2 Å². The molecule has 0 saturated heterocycles. The monoisotopic (exact) mass is 231 g/mol. The molecule has 3 aromatic rings. The molecule has 6 heteroatoms. The van der Waals surface area contributed by atoms with Gasteiger partial charge in [0.1, 0.15) is 17.7 Å².